The molecule has 0 saturated carbocycles. The van der Waals surface area contributed by atoms with Gasteiger partial charge in [-0.15, -0.1) is 0 Å². The highest BCUT2D eigenvalue weighted by atomic mass is 16.5. The molecule has 1 aliphatic rings. The van der Waals surface area contributed by atoms with Crippen LogP contribution in [0.3, 0.4) is 0 Å². The van der Waals surface area contributed by atoms with Crippen LogP contribution in [0.25, 0.3) is 11.3 Å². The zero-order chi connectivity index (χ0) is 17.8. The Morgan fingerprint density at radius 2 is 2.12 bits per heavy atom. The Morgan fingerprint density at radius 3 is 2.88 bits per heavy atom. The predicted octanol–water partition coefficient (Wildman–Crippen LogP) is 2.01. The van der Waals surface area contributed by atoms with Crippen molar-refractivity contribution < 1.29 is 19.0 Å². The van der Waals surface area contributed by atoms with Crippen LogP contribution in [-0.4, -0.2) is 48.7 Å². The zero-order valence-corrected chi connectivity index (χ0v) is 14.7. The number of carbonyl (C=O) groups excluding carboxylic acids is 1. The molecule has 1 aliphatic heterocycles. The maximum Gasteiger partial charge on any atom is 0.255 e. The van der Waals surface area contributed by atoms with Crippen LogP contribution < -0.4 is 14.8 Å². The molecule has 1 amide bonds. The molecule has 7 nitrogen and oxygen atoms in total. The smallest absolute Gasteiger partial charge is 0.255 e. The Balaban J connectivity index is 1.90. The van der Waals surface area contributed by atoms with Gasteiger partial charge in [-0.05, 0) is 25.1 Å². The number of hydrogen-bond donors (Lipinski definition) is 1. The summed E-state index contributed by atoms with van der Waals surface area (Å²) in [5, 5.41) is 7.38. The molecule has 1 N–H and O–H groups in total. The summed E-state index contributed by atoms with van der Waals surface area (Å²) in [6, 6.07) is 5.54. The second-order valence-electron chi connectivity index (χ2n) is 6.11. The molecule has 0 saturated heterocycles. The molecule has 0 fully saturated rings. The molecule has 0 spiro atoms. The zero-order valence-electron chi connectivity index (χ0n) is 14.7. The van der Waals surface area contributed by atoms with Crippen LogP contribution in [0.15, 0.2) is 24.4 Å². The van der Waals surface area contributed by atoms with Crippen molar-refractivity contribution in [3.63, 3.8) is 0 Å². The first-order chi connectivity index (χ1) is 12.1. The Hall–Kier alpha value is -2.54. The van der Waals surface area contributed by atoms with Gasteiger partial charge in [-0.25, -0.2) is 0 Å². The van der Waals surface area contributed by atoms with Crippen molar-refractivity contribution in [2.75, 3.05) is 26.9 Å². The molecular formula is C18H23N3O4. The summed E-state index contributed by atoms with van der Waals surface area (Å²) < 4.78 is 18.1. The van der Waals surface area contributed by atoms with E-state index in [9.17, 15) is 4.79 Å². The van der Waals surface area contributed by atoms with E-state index in [-0.39, 0.29) is 11.9 Å². The normalized spacial score (nSPS) is 14.7. The topological polar surface area (TPSA) is 74.6 Å². The van der Waals surface area contributed by atoms with Gasteiger partial charge in [-0.2, -0.15) is 5.10 Å². The predicted molar refractivity (Wildman–Crippen MR) is 93.1 cm³/mol. The third kappa shape index (κ3) is 3.93. The van der Waals surface area contributed by atoms with Gasteiger partial charge in [-0.3, -0.25) is 9.48 Å². The highest BCUT2D eigenvalue weighted by Gasteiger charge is 2.20. The minimum Gasteiger partial charge on any atom is -0.490 e. The van der Waals surface area contributed by atoms with Crippen molar-refractivity contribution in [2.45, 2.75) is 19.4 Å². The van der Waals surface area contributed by atoms with E-state index < -0.39 is 0 Å². The van der Waals surface area contributed by atoms with Crippen LogP contribution in [0.1, 0.15) is 23.7 Å². The van der Waals surface area contributed by atoms with Gasteiger partial charge in [0.2, 0.25) is 0 Å². The number of aromatic nitrogens is 2. The lowest BCUT2D eigenvalue weighted by atomic mass is 10.1. The van der Waals surface area contributed by atoms with Gasteiger partial charge in [0, 0.05) is 38.4 Å². The minimum absolute atomic E-state index is 0.0886. The van der Waals surface area contributed by atoms with E-state index >= 15 is 0 Å². The fourth-order valence-corrected chi connectivity index (χ4v) is 2.77. The highest BCUT2D eigenvalue weighted by Crippen LogP contribution is 2.34. The average Bonchev–Trinajstić information content (AvgIpc) is 2.83. The van der Waals surface area contributed by atoms with Gasteiger partial charge in [0.1, 0.15) is 5.69 Å². The lowest BCUT2D eigenvalue weighted by Gasteiger charge is -2.13. The Kier molecular flexibility index (Phi) is 5.23. The quantitative estimate of drug-likeness (QED) is 0.897. The molecule has 1 aromatic carbocycles. The fourth-order valence-electron chi connectivity index (χ4n) is 2.77. The number of hydrogen-bond acceptors (Lipinski definition) is 5. The molecule has 3 rings (SSSR count). The molecule has 0 radical (unpaired) electrons. The maximum atomic E-state index is 12.6. The first-order valence-corrected chi connectivity index (χ1v) is 8.32. The molecule has 25 heavy (non-hydrogen) atoms. The lowest BCUT2D eigenvalue weighted by molar-refractivity contribution is 0.0906. The Bertz CT molecular complexity index is 757. The van der Waals surface area contributed by atoms with Crippen LogP contribution in [0.4, 0.5) is 0 Å². The number of amides is 1. The molecule has 1 unspecified atom stereocenters. The van der Waals surface area contributed by atoms with Crippen LogP contribution in [0.2, 0.25) is 0 Å². The first kappa shape index (κ1) is 17.3. The van der Waals surface area contributed by atoms with Crippen molar-refractivity contribution in [3.05, 3.63) is 30.0 Å². The largest absolute Gasteiger partial charge is 0.490 e. The van der Waals surface area contributed by atoms with Gasteiger partial charge >= 0.3 is 0 Å². The van der Waals surface area contributed by atoms with Gasteiger partial charge in [-0.1, -0.05) is 0 Å². The fraction of sp³-hybridized carbons (Fsp3) is 0.444. The number of fused-ring (bicyclic) bond motifs is 1. The third-order valence-corrected chi connectivity index (χ3v) is 3.89. The van der Waals surface area contributed by atoms with E-state index in [2.05, 4.69) is 10.4 Å². The van der Waals surface area contributed by atoms with Gasteiger partial charge in [0.25, 0.3) is 5.91 Å². The number of benzene rings is 1. The summed E-state index contributed by atoms with van der Waals surface area (Å²) in [4.78, 5) is 12.6. The monoisotopic (exact) mass is 345 g/mol. The highest BCUT2D eigenvalue weighted by molar-refractivity contribution is 6.00. The van der Waals surface area contributed by atoms with Gasteiger partial charge in [0.05, 0.1) is 25.4 Å². The summed E-state index contributed by atoms with van der Waals surface area (Å²) in [5.41, 5.74) is 1.94. The molecule has 0 aliphatic carbocycles. The maximum absolute atomic E-state index is 12.6. The number of nitrogens with zero attached hydrogens (tertiary/aromatic N) is 2. The van der Waals surface area contributed by atoms with Crippen LogP contribution >= 0.6 is 0 Å². The van der Waals surface area contributed by atoms with Crippen LogP contribution in [-0.2, 0) is 11.8 Å². The summed E-state index contributed by atoms with van der Waals surface area (Å²) >= 11 is 0. The second kappa shape index (κ2) is 7.57. The molecule has 134 valence electrons. The SMILES string of the molecule is COCC(C)NC(=O)c1cn(C)nc1-c1ccc2c(c1)OCCCO2. The molecule has 0 bridgehead atoms. The summed E-state index contributed by atoms with van der Waals surface area (Å²) in [6.07, 6.45) is 2.56. The first-order valence-electron chi connectivity index (χ1n) is 8.32. The van der Waals surface area contributed by atoms with Crippen molar-refractivity contribution in [1.29, 1.82) is 0 Å². The third-order valence-electron chi connectivity index (χ3n) is 3.89. The molecular weight excluding hydrogens is 322 g/mol. The molecule has 7 heteroatoms. The molecule has 1 atom stereocenters. The van der Waals surface area contributed by atoms with Crippen LogP contribution in [0.5, 0.6) is 11.5 Å². The van der Waals surface area contributed by atoms with Crippen LogP contribution in [0, 0.1) is 0 Å². The van der Waals surface area contributed by atoms with Crippen molar-refractivity contribution in [1.82, 2.24) is 15.1 Å². The lowest BCUT2D eigenvalue weighted by Crippen LogP contribution is -2.35. The van der Waals surface area contributed by atoms with Crippen molar-refractivity contribution >= 4 is 5.91 Å². The Morgan fingerprint density at radius 1 is 1.36 bits per heavy atom. The molecule has 2 heterocycles. The number of nitrogens with one attached hydrogen (secondary N) is 1. The van der Waals surface area contributed by atoms with Crippen molar-refractivity contribution in [2.24, 2.45) is 7.05 Å². The molecule has 2 aromatic rings. The number of methoxy groups -OCH3 is 1. The van der Waals surface area contributed by atoms with E-state index in [1.165, 1.54) is 0 Å². The summed E-state index contributed by atoms with van der Waals surface area (Å²) in [5.74, 6) is 1.22. The number of ether oxygens (including phenoxy) is 3. The van der Waals surface area contributed by atoms with E-state index in [4.69, 9.17) is 14.2 Å². The van der Waals surface area contributed by atoms with E-state index in [1.54, 1.807) is 25.0 Å². The number of aryl methyl sites for hydroxylation is 1. The summed E-state index contributed by atoms with van der Waals surface area (Å²) in [7, 11) is 3.40. The van der Waals surface area contributed by atoms with Crippen molar-refractivity contribution in [3.8, 4) is 22.8 Å². The standard InChI is InChI=1S/C18H23N3O4/c1-12(11-23-3)19-18(22)14-10-21(2)20-17(14)13-5-6-15-16(9-13)25-8-4-7-24-15/h5-6,9-10,12H,4,7-8,11H2,1-3H3,(H,19,22). The van der Waals surface area contributed by atoms with E-state index in [0.29, 0.717) is 36.8 Å². The Labute approximate surface area is 146 Å². The van der Waals surface area contributed by atoms with E-state index in [0.717, 1.165) is 17.7 Å². The van der Waals surface area contributed by atoms with Gasteiger partial charge < -0.3 is 19.5 Å². The van der Waals surface area contributed by atoms with E-state index in [1.807, 2.05) is 25.1 Å². The molecule has 1 aromatic heterocycles. The number of carbonyl (C=O) groups is 1. The summed E-state index contributed by atoms with van der Waals surface area (Å²) in [6.45, 7) is 3.60. The average molecular weight is 345 g/mol. The second-order valence-corrected chi connectivity index (χ2v) is 6.11. The van der Waals surface area contributed by atoms with Gasteiger partial charge in [0.15, 0.2) is 11.5 Å². The minimum atomic E-state index is -0.181. The number of rotatable bonds is 5.